The first-order chi connectivity index (χ1) is 34.9. The number of nitrogens with zero attached hydrogens (tertiary/aromatic N) is 2. The SMILES string of the molecule is CSCC[C@H](NC(=O)[C@H](CC(C)C)NC(=O)[C@H](CCCCN)NC(=O)[C@H](CCCN=C(N)N)NC(=O)[C@H](CC(=O)O)NC(=O)[C@H](CO)NC(=O)[C@@H](N)Cc1ccc(O)cc1)C(=O)N[C@@H](CCCN=C(N)N)C(=O)O. The van der Waals surface area contributed by atoms with E-state index in [-0.39, 0.29) is 94.6 Å². The van der Waals surface area contributed by atoms with Gasteiger partial charge in [0.2, 0.25) is 41.4 Å². The molecule has 0 spiro atoms. The van der Waals surface area contributed by atoms with E-state index < -0.39 is 115 Å². The number of aromatic hydroxyl groups is 1. The van der Waals surface area contributed by atoms with Crippen LogP contribution >= 0.6 is 11.8 Å². The Kier molecular flexibility index (Phi) is 31.0. The van der Waals surface area contributed by atoms with E-state index in [0.717, 1.165) is 0 Å². The van der Waals surface area contributed by atoms with Crippen molar-refractivity contribution in [2.75, 3.05) is 38.2 Å². The van der Waals surface area contributed by atoms with Gasteiger partial charge >= 0.3 is 11.9 Å². The maximum absolute atomic E-state index is 14.2. The first-order valence-corrected chi connectivity index (χ1v) is 25.3. The number of aliphatic hydroxyl groups excluding tert-OH is 1. The van der Waals surface area contributed by atoms with E-state index in [1.165, 1.54) is 36.0 Å². The van der Waals surface area contributed by atoms with E-state index >= 15 is 0 Å². The number of rotatable bonds is 37. The summed E-state index contributed by atoms with van der Waals surface area (Å²) in [6.07, 6.45) is 1.54. The summed E-state index contributed by atoms with van der Waals surface area (Å²) < 4.78 is 0. The molecule has 0 unspecified atom stereocenters. The Morgan fingerprint density at radius 1 is 0.581 bits per heavy atom. The third kappa shape index (κ3) is 26.6. The zero-order valence-electron chi connectivity index (χ0n) is 42.0. The average molecular weight is 1070 g/mol. The topological polar surface area (TPSA) is 500 Å². The van der Waals surface area contributed by atoms with E-state index in [2.05, 4.69) is 47.2 Å². The van der Waals surface area contributed by atoms with Crippen molar-refractivity contribution in [3.63, 3.8) is 0 Å². The zero-order chi connectivity index (χ0) is 55.9. The third-order valence-corrected chi connectivity index (χ3v) is 11.5. The Morgan fingerprint density at radius 3 is 1.46 bits per heavy atom. The molecule has 28 nitrogen and oxygen atoms in total. The number of carbonyl (C=O) groups excluding carboxylic acids is 7. The lowest BCUT2D eigenvalue weighted by atomic mass is 10.0. The second-order valence-electron chi connectivity index (χ2n) is 17.6. The molecule has 7 amide bonds. The van der Waals surface area contributed by atoms with Crippen LogP contribution in [-0.2, 0) is 49.6 Å². The summed E-state index contributed by atoms with van der Waals surface area (Å²) in [6, 6.07) is -5.82. The van der Waals surface area contributed by atoms with Crippen LogP contribution in [0.25, 0.3) is 0 Å². The Morgan fingerprint density at radius 2 is 1.00 bits per heavy atom. The number of carboxylic acids is 2. The Balaban J connectivity index is 3.44. The normalized spacial score (nSPS) is 14.2. The number of nitrogens with two attached hydrogens (primary N) is 6. The summed E-state index contributed by atoms with van der Waals surface area (Å²) in [4.78, 5) is 128. The van der Waals surface area contributed by atoms with Crippen molar-refractivity contribution in [3.05, 3.63) is 29.8 Å². The molecule has 0 aliphatic rings. The van der Waals surface area contributed by atoms with Gasteiger partial charge in [-0.25, -0.2) is 4.79 Å². The second-order valence-corrected chi connectivity index (χ2v) is 18.6. The molecule has 29 heteroatoms. The summed E-state index contributed by atoms with van der Waals surface area (Å²) in [5.41, 5.74) is 33.9. The Hall–Kier alpha value is -6.98. The average Bonchev–Trinajstić information content (AvgIpc) is 3.32. The molecule has 0 aliphatic carbocycles. The molecule has 0 saturated heterocycles. The number of aliphatic hydroxyl groups is 1. The molecule has 0 radical (unpaired) electrons. The van der Waals surface area contributed by atoms with Gasteiger partial charge in [-0.1, -0.05) is 26.0 Å². The molecule has 0 aromatic heterocycles. The molecule has 416 valence electrons. The molecular formula is C45H77N15O13S. The second kappa shape index (κ2) is 35.2. The molecule has 23 N–H and O–H groups in total. The molecule has 0 bridgehead atoms. The van der Waals surface area contributed by atoms with Crippen LogP contribution in [0.1, 0.15) is 83.6 Å². The molecule has 8 atom stereocenters. The van der Waals surface area contributed by atoms with Gasteiger partial charge in [0.15, 0.2) is 11.9 Å². The van der Waals surface area contributed by atoms with Gasteiger partial charge < -0.3 is 92.0 Å². The summed E-state index contributed by atoms with van der Waals surface area (Å²) in [5.74, 6) is -9.82. The third-order valence-electron chi connectivity index (χ3n) is 10.9. The predicted molar refractivity (Wildman–Crippen MR) is 275 cm³/mol. The summed E-state index contributed by atoms with van der Waals surface area (Å²) in [5, 5.41) is 56.3. The summed E-state index contributed by atoms with van der Waals surface area (Å²) in [6.45, 7) is 2.83. The van der Waals surface area contributed by atoms with Crippen molar-refractivity contribution < 1.29 is 63.6 Å². The van der Waals surface area contributed by atoms with Crippen LogP contribution < -0.4 is 71.6 Å². The van der Waals surface area contributed by atoms with Crippen molar-refractivity contribution in [3.8, 4) is 5.75 Å². The molecule has 0 aliphatic heterocycles. The van der Waals surface area contributed by atoms with E-state index in [9.17, 15) is 63.6 Å². The lowest BCUT2D eigenvalue weighted by molar-refractivity contribution is -0.142. The fourth-order valence-corrected chi connectivity index (χ4v) is 7.44. The number of aliphatic carboxylic acids is 2. The number of amides is 7. The lowest BCUT2D eigenvalue weighted by Gasteiger charge is -2.28. The predicted octanol–water partition coefficient (Wildman–Crippen LogP) is -4.76. The Labute approximate surface area is 433 Å². The summed E-state index contributed by atoms with van der Waals surface area (Å²) in [7, 11) is 0. The Bertz CT molecular complexity index is 2060. The molecule has 0 saturated carbocycles. The van der Waals surface area contributed by atoms with Crippen molar-refractivity contribution in [1.82, 2.24) is 37.2 Å². The van der Waals surface area contributed by atoms with E-state index in [0.29, 0.717) is 24.2 Å². The lowest BCUT2D eigenvalue weighted by Crippen LogP contribution is -2.60. The molecule has 0 fully saturated rings. The van der Waals surface area contributed by atoms with Crippen LogP contribution in [0.4, 0.5) is 0 Å². The highest BCUT2D eigenvalue weighted by Gasteiger charge is 2.35. The minimum atomic E-state index is -1.89. The maximum atomic E-state index is 14.2. The van der Waals surface area contributed by atoms with Gasteiger partial charge in [0, 0.05) is 13.1 Å². The van der Waals surface area contributed by atoms with Crippen LogP contribution in [0.15, 0.2) is 34.3 Å². The van der Waals surface area contributed by atoms with Gasteiger partial charge in [0.05, 0.1) is 19.1 Å². The number of benzene rings is 1. The highest BCUT2D eigenvalue weighted by Crippen LogP contribution is 2.13. The number of thioether (sulfide) groups is 1. The van der Waals surface area contributed by atoms with Crippen LogP contribution in [0.3, 0.4) is 0 Å². The molecular weight excluding hydrogens is 991 g/mol. The van der Waals surface area contributed by atoms with Crippen LogP contribution in [-0.4, -0.2) is 172 Å². The van der Waals surface area contributed by atoms with Crippen LogP contribution in [0, 0.1) is 5.92 Å². The van der Waals surface area contributed by atoms with Gasteiger partial charge in [0.1, 0.15) is 48.0 Å². The number of hydrogen-bond donors (Lipinski definition) is 17. The minimum absolute atomic E-state index is 0.0230. The standard InChI is InChI=1S/C45H77N15O13S/c1-24(2)20-32(40(69)56-30(15-19-74-3)39(68)57-31(43(72)73)10-7-18-53-45(50)51)58-38(67)28(8-4-5-16-46)54-37(66)29(9-6-17-52-44(48)49)55-41(70)33(22-35(63)64)59-42(71)34(23-61)60-36(65)27(47)21-25-11-13-26(62)14-12-25/h11-14,24,27-34,61-62H,4-10,15-23,46-47H2,1-3H3,(H,54,66)(H,55,70)(H,56,69)(H,57,68)(H,58,67)(H,59,71)(H,60,65)(H,63,64)(H,72,73)(H4,48,49,52)(H4,50,51,53)/t27-,28-,29-,30-,31-,32-,33-,34-/m0/s1. The van der Waals surface area contributed by atoms with Gasteiger partial charge in [-0.2, -0.15) is 11.8 Å². The van der Waals surface area contributed by atoms with Crippen molar-refractivity contribution in [2.24, 2.45) is 50.3 Å². The van der Waals surface area contributed by atoms with Gasteiger partial charge in [-0.3, -0.25) is 48.3 Å². The minimum Gasteiger partial charge on any atom is -0.508 e. The van der Waals surface area contributed by atoms with Crippen molar-refractivity contribution in [2.45, 2.75) is 133 Å². The van der Waals surface area contributed by atoms with Crippen molar-refractivity contribution in [1.29, 1.82) is 0 Å². The highest BCUT2D eigenvalue weighted by molar-refractivity contribution is 7.98. The van der Waals surface area contributed by atoms with Crippen LogP contribution in [0.2, 0.25) is 0 Å². The number of carbonyl (C=O) groups is 9. The van der Waals surface area contributed by atoms with Gasteiger partial charge in [-0.05, 0) is 106 Å². The molecule has 1 aromatic rings. The first kappa shape index (κ1) is 65.0. The van der Waals surface area contributed by atoms with E-state index in [1.807, 2.05) is 0 Å². The smallest absolute Gasteiger partial charge is 0.326 e. The van der Waals surface area contributed by atoms with Crippen LogP contribution in [0.5, 0.6) is 5.75 Å². The number of guanidine groups is 2. The fourth-order valence-electron chi connectivity index (χ4n) is 6.97. The first-order valence-electron chi connectivity index (χ1n) is 23.9. The number of aliphatic imine (C=N–C) groups is 2. The number of nitrogens with one attached hydrogen (secondary N) is 7. The number of hydrogen-bond acceptors (Lipinski definition) is 16. The zero-order valence-corrected chi connectivity index (χ0v) is 42.9. The van der Waals surface area contributed by atoms with Crippen molar-refractivity contribution >= 4 is 77.0 Å². The van der Waals surface area contributed by atoms with E-state index in [4.69, 9.17) is 34.4 Å². The van der Waals surface area contributed by atoms with E-state index in [1.54, 1.807) is 20.1 Å². The van der Waals surface area contributed by atoms with Gasteiger partial charge in [-0.15, -0.1) is 0 Å². The number of carboxylic acid groups (broad SMARTS) is 2. The maximum Gasteiger partial charge on any atom is 0.326 e. The molecule has 74 heavy (non-hydrogen) atoms. The number of unbranched alkanes of at least 4 members (excludes halogenated alkanes) is 1. The number of phenols is 1. The summed E-state index contributed by atoms with van der Waals surface area (Å²) >= 11 is 1.37. The fraction of sp³-hybridized carbons (Fsp3) is 0.622. The monoisotopic (exact) mass is 1070 g/mol. The quantitative estimate of drug-likeness (QED) is 0.0169. The molecule has 1 aromatic carbocycles. The largest absolute Gasteiger partial charge is 0.508 e. The number of phenolic OH excluding ortho intramolecular Hbond substituents is 1. The van der Waals surface area contributed by atoms with Gasteiger partial charge in [0.25, 0.3) is 0 Å². The molecule has 0 heterocycles. The molecule has 1 rings (SSSR count). The highest BCUT2D eigenvalue weighted by atomic mass is 32.2.